The normalized spacial score (nSPS) is 18.3. The third-order valence-electron chi connectivity index (χ3n) is 2.68. The van der Waals surface area contributed by atoms with E-state index in [1.165, 1.54) is 13.2 Å². The Labute approximate surface area is 87.1 Å². The summed E-state index contributed by atoms with van der Waals surface area (Å²) in [7, 11) is 1.43. The molecule has 15 heavy (non-hydrogen) atoms. The summed E-state index contributed by atoms with van der Waals surface area (Å²) in [6, 6.07) is 4.79. The topological polar surface area (TPSA) is 56.5 Å². The van der Waals surface area contributed by atoms with E-state index in [1.807, 2.05) is 0 Å². The molecule has 2 rings (SSSR count). The molecule has 1 aromatic rings. The number of nitrogens with one attached hydrogen (secondary N) is 1. The van der Waals surface area contributed by atoms with Crippen LogP contribution in [0.2, 0.25) is 0 Å². The maximum absolute atomic E-state index is 13.4. The molecule has 3 N–H and O–H groups in total. The van der Waals surface area contributed by atoms with Crippen LogP contribution in [0.15, 0.2) is 18.2 Å². The molecule has 1 aliphatic heterocycles. The Morgan fingerprint density at radius 2 is 2.27 bits per heavy atom. The lowest BCUT2D eigenvalue weighted by Crippen LogP contribution is -2.60. The molecule has 0 aromatic heterocycles. The second-order valence-corrected chi connectivity index (χ2v) is 3.57. The average Bonchev–Trinajstić information content (AvgIpc) is 2.17. The van der Waals surface area contributed by atoms with Crippen molar-refractivity contribution in [2.24, 2.45) is 5.84 Å². The lowest BCUT2D eigenvalue weighted by Gasteiger charge is -2.41. The van der Waals surface area contributed by atoms with Crippen molar-refractivity contribution < 1.29 is 13.9 Å². The predicted molar refractivity (Wildman–Crippen MR) is 52.8 cm³/mol. The number of ether oxygens (including phenoxy) is 2. The van der Waals surface area contributed by atoms with Crippen LogP contribution in [-0.2, 0) is 10.3 Å². The Hall–Kier alpha value is -1.17. The second kappa shape index (κ2) is 3.77. The summed E-state index contributed by atoms with van der Waals surface area (Å²) in [5.41, 5.74) is 2.98. The molecule has 1 aromatic carbocycles. The maximum atomic E-state index is 13.4. The molecular weight excluding hydrogens is 199 g/mol. The molecule has 4 nitrogen and oxygen atoms in total. The highest BCUT2D eigenvalue weighted by Gasteiger charge is 2.39. The van der Waals surface area contributed by atoms with E-state index in [9.17, 15) is 4.39 Å². The fourth-order valence-electron chi connectivity index (χ4n) is 1.60. The minimum absolute atomic E-state index is 0.228. The van der Waals surface area contributed by atoms with E-state index in [0.29, 0.717) is 13.2 Å². The van der Waals surface area contributed by atoms with Crippen LogP contribution in [0.1, 0.15) is 5.56 Å². The maximum Gasteiger partial charge on any atom is 0.165 e. The lowest BCUT2D eigenvalue weighted by atomic mass is 9.88. The molecule has 82 valence electrons. The molecule has 0 spiro atoms. The van der Waals surface area contributed by atoms with Crippen LogP contribution in [0.5, 0.6) is 5.75 Å². The van der Waals surface area contributed by atoms with E-state index >= 15 is 0 Å². The summed E-state index contributed by atoms with van der Waals surface area (Å²) >= 11 is 0. The molecule has 0 saturated carbocycles. The van der Waals surface area contributed by atoms with Gasteiger partial charge in [-0.25, -0.2) is 9.82 Å². The van der Waals surface area contributed by atoms with Gasteiger partial charge >= 0.3 is 0 Å². The van der Waals surface area contributed by atoms with Gasteiger partial charge in [-0.1, -0.05) is 6.07 Å². The molecule has 0 radical (unpaired) electrons. The monoisotopic (exact) mass is 212 g/mol. The van der Waals surface area contributed by atoms with Crippen molar-refractivity contribution in [1.82, 2.24) is 5.43 Å². The Bertz CT molecular complexity index is 361. The van der Waals surface area contributed by atoms with Gasteiger partial charge in [-0.3, -0.25) is 5.84 Å². The molecule has 0 aliphatic carbocycles. The fourth-order valence-corrected chi connectivity index (χ4v) is 1.60. The zero-order chi connectivity index (χ0) is 10.9. The fraction of sp³-hybridized carbons (Fsp3) is 0.400. The zero-order valence-corrected chi connectivity index (χ0v) is 8.42. The predicted octanol–water partition coefficient (Wildman–Crippen LogP) is 0.523. The zero-order valence-electron chi connectivity index (χ0n) is 8.42. The molecular formula is C10H13FN2O2. The van der Waals surface area contributed by atoms with Crippen molar-refractivity contribution in [1.29, 1.82) is 0 Å². The minimum Gasteiger partial charge on any atom is -0.494 e. The van der Waals surface area contributed by atoms with Gasteiger partial charge in [0.25, 0.3) is 0 Å². The Balaban J connectivity index is 2.33. The van der Waals surface area contributed by atoms with Crippen LogP contribution in [0, 0.1) is 5.82 Å². The van der Waals surface area contributed by atoms with Crippen LogP contribution >= 0.6 is 0 Å². The SMILES string of the molecule is COc1ccc(C2(NN)COC2)cc1F. The van der Waals surface area contributed by atoms with Crippen molar-refractivity contribution in [3.8, 4) is 5.75 Å². The molecule has 1 saturated heterocycles. The molecule has 0 amide bonds. The number of rotatable bonds is 3. The number of benzene rings is 1. The minimum atomic E-state index is -0.451. The number of hydrogen-bond acceptors (Lipinski definition) is 4. The van der Waals surface area contributed by atoms with Gasteiger partial charge in [-0.05, 0) is 17.7 Å². The number of hydrazine groups is 1. The second-order valence-electron chi connectivity index (χ2n) is 3.57. The van der Waals surface area contributed by atoms with Crippen LogP contribution in [0.25, 0.3) is 0 Å². The summed E-state index contributed by atoms with van der Waals surface area (Å²) in [5.74, 6) is 5.27. The van der Waals surface area contributed by atoms with Crippen molar-refractivity contribution in [3.63, 3.8) is 0 Å². The number of nitrogens with two attached hydrogens (primary N) is 1. The van der Waals surface area contributed by atoms with Gasteiger partial charge in [0.15, 0.2) is 11.6 Å². The summed E-state index contributed by atoms with van der Waals surface area (Å²) in [6.45, 7) is 0.907. The first-order valence-electron chi connectivity index (χ1n) is 4.61. The number of methoxy groups -OCH3 is 1. The van der Waals surface area contributed by atoms with Gasteiger partial charge < -0.3 is 9.47 Å². The lowest BCUT2D eigenvalue weighted by molar-refractivity contribution is -0.0788. The Kier molecular flexibility index (Phi) is 2.60. The van der Waals surface area contributed by atoms with E-state index in [4.69, 9.17) is 15.3 Å². The van der Waals surface area contributed by atoms with Gasteiger partial charge in [0.05, 0.1) is 20.3 Å². The Morgan fingerprint density at radius 1 is 1.53 bits per heavy atom. The van der Waals surface area contributed by atoms with Gasteiger partial charge in [-0.15, -0.1) is 0 Å². The molecule has 1 fully saturated rings. The summed E-state index contributed by atoms with van der Waals surface area (Å²) in [4.78, 5) is 0. The average molecular weight is 212 g/mol. The van der Waals surface area contributed by atoms with Crippen molar-refractivity contribution in [2.45, 2.75) is 5.54 Å². The van der Waals surface area contributed by atoms with E-state index in [2.05, 4.69) is 5.43 Å². The first-order valence-corrected chi connectivity index (χ1v) is 4.61. The molecule has 1 aliphatic rings. The first kappa shape index (κ1) is 10.4. The van der Waals surface area contributed by atoms with Crippen LogP contribution in [0.3, 0.4) is 0 Å². The van der Waals surface area contributed by atoms with E-state index in [-0.39, 0.29) is 5.75 Å². The van der Waals surface area contributed by atoms with E-state index < -0.39 is 11.4 Å². The molecule has 5 heteroatoms. The summed E-state index contributed by atoms with van der Waals surface area (Å²) < 4.78 is 23.4. The van der Waals surface area contributed by atoms with Gasteiger partial charge in [-0.2, -0.15) is 0 Å². The van der Waals surface area contributed by atoms with Gasteiger partial charge in [0.2, 0.25) is 0 Å². The van der Waals surface area contributed by atoms with Crippen LogP contribution < -0.4 is 16.0 Å². The van der Waals surface area contributed by atoms with Crippen molar-refractivity contribution >= 4 is 0 Å². The largest absolute Gasteiger partial charge is 0.494 e. The Morgan fingerprint density at radius 3 is 2.67 bits per heavy atom. The summed E-state index contributed by atoms with van der Waals surface area (Å²) in [6.07, 6.45) is 0. The number of halogens is 1. The third-order valence-corrected chi connectivity index (χ3v) is 2.68. The third kappa shape index (κ3) is 1.58. The van der Waals surface area contributed by atoms with Crippen molar-refractivity contribution in [3.05, 3.63) is 29.6 Å². The van der Waals surface area contributed by atoms with Crippen LogP contribution in [-0.4, -0.2) is 20.3 Å². The van der Waals surface area contributed by atoms with Gasteiger partial charge in [0, 0.05) is 0 Å². The molecule has 1 heterocycles. The van der Waals surface area contributed by atoms with E-state index in [1.54, 1.807) is 12.1 Å². The molecule has 0 unspecified atom stereocenters. The summed E-state index contributed by atoms with van der Waals surface area (Å²) in [5, 5.41) is 0. The van der Waals surface area contributed by atoms with Gasteiger partial charge in [0.1, 0.15) is 5.54 Å². The van der Waals surface area contributed by atoms with Crippen LogP contribution in [0.4, 0.5) is 4.39 Å². The first-order chi connectivity index (χ1) is 7.22. The number of hydrogen-bond donors (Lipinski definition) is 2. The van der Waals surface area contributed by atoms with E-state index in [0.717, 1.165) is 5.56 Å². The highest BCUT2D eigenvalue weighted by atomic mass is 19.1. The molecule has 0 atom stereocenters. The highest BCUT2D eigenvalue weighted by molar-refractivity contribution is 5.34. The highest BCUT2D eigenvalue weighted by Crippen LogP contribution is 2.31. The quantitative estimate of drug-likeness (QED) is 0.566. The van der Waals surface area contributed by atoms with Crippen molar-refractivity contribution in [2.75, 3.05) is 20.3 Å². The molecule has 0 bridgehead atoms. The smallest absolute Gasteiger partial charge is 0.165 e. The standard InChI is InChI=1S/C10H13FN2O2/c1-14-9-3-2-7(4-8(9)11)10(13-12)5-15-6-10/h2-4,13H,5-6,12H2,1H3.